The molecule has 1 rings (SSSR count). The normalized spacial score (nSPS) is 12.2. The highest BCUT2D eigenvalue weighted by Gasteiger charge is 2.03. The maximum absolute atomic E-state index is 10.2. The van der Waals surface area contributed by atoms with Gasteiger partial charge in [0, 0.05) is 10.1 Å². The van der Waals surface area contributed by atoms with E-state index < -0.39 is 10.4 Å². The minimum Gasteiger partial charge on any atom is -0.367 e. The lowest BCUT2D eigenvalue weighted by molar-refractivity contribution is 0.280. The number of nitrogens with zero attached hydrogens (tertiary/aromatic N) is 1. The van der Waals surface area contributed by atoms with E-state index in [0.29, 0.717) is 6.54 Å². The summed E-state index contributed by atoms with van der Waals surface area (Å²) in [6.07, 6.45) is 0. The van der Waals surface area contributed by atoms with Crippen molar-refractivity contribution >= 4 is 38.9 Å². The fraction of sp³-hybridized carbons (Fsp3) is 0.125. The smallest absolute Gasteiger partial charge is 0.367 e. The molecule has 0 bridgehead atoms. The summed E-state index contributed by atoms with van der Waals surface area (Å²) in [6.45, 7) is 0.362. The maximum atomic E-state index is 10.2. The molecule has 1 aromatic carbocycles. The van der Waals surface area contributed by atoms with Crippen LogP contribution in [0, 0.1) is 3.57 Å². The quantitative estimate of drug-likeness (QED) is 0.233. The summed E-state index contributed by atoms with van der Waals surface area (Å²) >= 11 is 2.16. The monoisotopic (exact) mass is 371 g/mol. The van der Waals surface area contributed by atoms with Gasteiger partial charge in [0.25, 0.3) is 0 Å². The Balaban J connectivity index is 2.51. The van der Waals surface area contributed by atoms with Crippen molar-refractivity contribution in [1.29, 1.82) is 0 Å². The Morgan fingerprint density at radius 1 is 1.59 bits per heavy atom. The molecule has 0 aliphatic rings. The van der Waals surface area contributed by atoms with E-state index in [1.165, 1.54) is 0 Å². The molecule has 0 spiro atoms. The van der Waals surface area contributed by atoms with Crippen LogP contribution in [0.5, 0.6) is 0 Å². The number of nitrogens with two attached hydrogens (primary N) is 1. The minimum absolute atomic E-state index is 0.249. The first-order valence-corrected chi connectivity index (χ1v) is 6.79. The van der Waals surface area contributed by atoms with Crippen molar-refractivity contribution in [2.24, 2.45) is 10.9 Å². The largest absolute Gasteiger partial charge is 0.466 e. The summed E-state index contributed by atoms with van der Waals surface area (Å²) in [6, 6.07) is 7.60. The van der Waals surface area contributed by atoms with Crippen LogP contribution in [0.3, 0.4) is 0 Å². The second kappa shape index (κ2) is 6.02. The Bertz CT molecular complexity index is 517. The Labute approximate surface area is 112 Å². The van der Waals surface area contributed by atoms with E-state index in [-0.39, 0.29) is 5.96 Å². The van der Waals surface area contributed by atoms with Crippen LogP contribution >= 0.6 is 22.6 Å². The molecule has 7 nitrogen and oxygen atoms in total. The van der Waals surface area contributed by atoms with Crippen LogP contribution in [0.25, 0.3) is 0 Å². The lowest BCUT2D eigenvalue weighted by Gasteiger charge is -2.04. The summed E-state index contributed by atoms with van der Waals surface area (Å²) in [5, 5.41) is 5.60. The van der Waals surface area contributed by atoms with Gasteiger partial charge in [-0.3, -0.25) is 4.55 Å². The molecule has 0 heterocycles. The highest BCUT2D eigenvalue weighted by Crippen LogP contribution is 2.07. The van der Waals surface area contributed by atoms with Crippen molar-refractivity contribution in [3.63, 3.8) is 0 Å². The topological polar surface area (TPSA) is 114 Å². The maximum Gasteiger partial charge on any atom is 0.466 e. The summed E-state index contributed by atoms with van der Waals surface area (Å²) in [4.78, 5) is 0. The minimum atomic E-state index is -4.62. The van der Waals surface area contributed by atoms with Crippen molar-refractivity contribution in [1.82, 2.24) is 5.32 Å². The highest BCUT2D eigenvalue weighted by molar-refractivity contribution is 14.1. The molecule has 0 unspecified atom stereocenters. The standard InChI is InChI=1S/C8H10IN3O4S/c9-7-3-1-2-6(4-7)5-11-8(10)12-16-17(13,14)15/h1-4H,5H2,(H3,10,11,12)(H,13,14,15). The average Bonchev–Trinajstić information content (AvgIpc) is 2.23. The molecule has 0 fully saturated rings. The van der Waals surface area contributed by atoms with E-state index in [9.17, 15) is 8.42 Å². The molecule has 4 N–H and O–H groups in total. The Hall–Kier alpha value is -1.07. The van der Waals surface area contributed by atoms with E-state index in [1.54, 1.807) is 0 Å². The van der Waals surface area contributed by atoms with Crippen LogP contribution in [0.15, 0.2) is 29.4 Å². The van der Waals surface area contributed by atoms with Gasteiger partial charge in [-0.1, -0.05) is 12.1 Å². The van der Waals surface area contributed by atoms with Gasteiger partial charge in [-0.05, 0) is 45.4 Å². The molecule has 0 aromatic heterocycles. The highest BCUT2D eigenvalue weighted by atomic mass is 127. The zero-order valence-corrected chi connectivity index (χ0v) is 11.5. The van der Waals surface area contributed by atoms with Gasteiger partial charge in [-0.25, -0.2) is 4.28 Å². The van der Waals surface area contributed by atoms with Gasteiger partial charge < -0.3 is 11.1 Å². The van der Waals surface area contributed by atoms with Gasteiger partial charge in [0.2, 0.25) is 5.96 Å². The number of rotatable bonds is 4. The molecule has 0 aliphatic heterocycles. The summed E-state index contributed by atoms with van der Waals surface area (Å²) < 4.78 is 33.4. The molecule has 0 aliphatic carbocycles. The van der Waals surface area contributed by atoms with E-state index in [0.717, 1.165) is 9.13 Å². The van der Waals surface area contributed by atoms with Crippen molar-refractivity contribution in [3.05, 3.63) is 33.4 Å². The first kappa shape index (κ1) is 14.0. The fourth-order valence-corrected chi connectivity index (χ4v) is 1.74. The third-order valence-corrected chi connectivity index (χ3v) is 2.53. The Kier molecular flexibility index (Phi) is 4.96. The number of nitrogens with one attached hydrogen (secondary N) is 1. The molecule has 0 radical (unpaired) electrons. The summed E-state index contributed by atoms with van der Waals surface area (Å²) in [7, 11) is -4.62. The van der Waals surface area contributed by atoms with Gasteiger partial charge in [-0.15, -0.1) is 0 Å². The van der Waals surface area contributed by atoms with Crippen molar-refractivity contribution in [3.8, 4) is 0 Å². The number of oxime groups is 1. The number of hydrogen-bond donors (Lipinski definition) is 3. The second-order valence-electron chi connectivity index (χ2n) is 2.96. The molecule has 1 aromatic rings. The van der Waals surface area contributed by atoms with E-state index in [4.69, 9.17) is 10.3 Å². The van der Waals surface area contributed by atoms with Crippen LogP contribution in [-0.4, -0.2) is 18.9 Å². The molecule has 94 valence electrons. The van der Waals surface area contributed by atoms with Gasteiger partial charge in [0.1, 0.15) is 0 Å². The lowest BCUT2D eigenvalue weighted by atomic mass is 10.2. The van der Waals surface area contributed by atoms with Crippen molar-refractivity contribution in [2.75, 3.05) is 0 Å². The van der Waals surface area contributed by atoms with Crippen LogP contribution in [-0.2, 0) is 21.2 Å². The van der Waals surface area contributed by atoms with Gasteiger partial charge >= 0.3 is 10.4 Å². The van der Waals surface area contributed by atoms with E-state index >= 15 is 0 Å². The van der Waals surface area contributed by atoms with E-state index in [1.807, 2.05) is 24.3 Å². The number of hydrogen-bond acceptors (Lipinski definition) is 4. The molecular weight excluding hydrogens is 361 g/mol. The van der Waals surface area contributed by atoms with Crippen LogP contribution in [0.1, 0.15) is 5.56 Å². The Morgan fingerprint density at radius 2 is 2.29 bits per heavy atom. The number of guanidine groups is 1. The molecular formula is C8H10IN3O4S. The first-order valence-electron chi connectivity index (χ1n) is 4.34. The third-order valence-electron chi connectivity index (χ3n) is 1.59. The molecule has 0 amide bonds. The van der Waals surface area contributed by atoms with Crippen LogP contribution < -0.4 is 11.1 Å². The number of benzene rings is 1. The predicted molar refractivity (Wildman–Crippen MR) is 70.3 cm³/mol. The van der Waals surface area contributed by atoms with Crippen molar-refractivity contribution in [2.45, 2.75) is 6.54 Å². The molecule has 0 saturated carbocycles. The predicted octanol–water partition coefficient (Wildman–Crippen LogP) is 0.430. The van der Waals surface area contributed by atoms with Gasteiger partial charge in [-0.2, -0.15) is 8.42 Å². The van der Waals surface area contributed by atoms with Gasteiger partial charge in [0.05, 0.1) is 0 Å². The van der Waals surface area contributed by atoms with Crippen LogP contribution in [0.4, 0.5) is 0 Å². The molecule has 0 saturated heterocycles. The third kappa shape index (κ3) is 6.28. The Morgan fingerprint density at radius 3 is 2.88 bits per heavy atom. The van der Waals surface area contributed by atoms with Crippen LogP contribution in [0.2, 0.25) is 0 Å². The molecule has 17 heavy (non-hydrogen) atoms. The second-order valence-corrected chi connectivity index (χ2v) is 5.21. The molecule has 9 heteroatoms. The molecule has 0 atom stereocenters. The van der Waals surface area contributed by atoms with E-state index in [2.05, 4.69) is 37.3 Å². The van der Waals surface area contributed by atoms with Gasteiger partial charge in [0.15, 0.2) is 0 Å². The average molecular weight is 371 g/mol. The summed E-state index contributed by atoms with van der Waals surface area (Å²) in [5.41, 5.74) is 6.25. The number of halogens is 1. The SMILES string of the molecule is NC(=NOS(=O)(=O)O)NCc1cccc(I)c1. The zero-order chi connectivity index (χ0) is 12.9. The lowest BCUT2D eigenvalue weighted by Crippen LogP contribution is -2.31. The first-order chi connectivity index (χ1) is 7.87. The fourth-order valence-electron chi connectivity index (χ4n) is 0.959. The zero-order valence-electron chi connectivity index (χ0n) is 8.50. The van der Waals surface area contributed by atoms with Crippen molar-refractivity contribution < 1.29 is 17.3 Å². The summed E-state index contributed by atoms with van der Waals surface area (Å²) in [5.74, 6) is -0.249.